The van der Waals surface area contributed by atoms with E-state index in [1.165, 1.54) is 5.57 Å². The highest BCUT2D eigenvalue weighted by molar-refractivity contribution is 5.56. The van der Waals surface area contributed by atoms with Gasteiger partial charge in [-0.15, -0.1) is 0 Å². The molecule has 128 valence electrons. The van der Waals surface area contributed by atoms with Gasteiger partial charge in [0, 0.05) is 5.92 Å². The van der Waals surface area contributed by atoms with Crippen molar-refractivity contribution in [3.05, 3.63) is 11.6 Å². The molecule has 0 aromatic rings. The van der Waals surface area contributed by atoms with Gasteiger partial charge in [-0.3, -0.25) is 0 Å². The topological polar surface area (TPSA) is 57.5 Å². The van der Waals surface area contributed by atoms with Crippen LogP contribution in [0, 0.1) is 34.5 Å². The Morgan fingerprint density at radius 1 is 1.22 bits per heavy atom. The van der Waals surface area contributed by atoms with Crippen LogP contribution in [0.15, 0.2) is 11.6 Å². The van der Waals surface area contributed by atoms with E-state index in [9.17, 15) is 15.0 Å². The van der Waals surface area contributed by atoms with Crippen molar-refractivity contribution < 1.29 is 15.0 Å². The molecule has 0 heterocycles. The quantitative estimate of drug-likeness (QED) is 0.577. The number of carbonyl (C=O) groups excluding carboxylic acids is 1. The molecule has 8 atom stereocenters. The molecule has 0 saturated heterocycles. The number of hydrogen-bond donors (Lipinski definition) is 2. The molecule has 0 spiro atoms. The number of carbonyl (C=O) groups is 1. The average molecular weight is 318 g/mol. The Balaban J connectivity index is 1.72. The van der Waals surface area contributed by atoms with Crippen LogP contribution in [0.4, 0.5) is 0 Å². The van der Waals surface area contributed by atoms with Gasteiger partial charge < -0.3 is 15.0 Å². The molecule has 23 heavy (non-hydrogen) atoms. The molecule has 0 radical (unpaired) electrons. The Morgan fingerprint density at radius 2 is 2.00 bits per heavy atom. The van der Waals surface area contributed by atoms with Crippen LogP contribution >= 0.6 is 0 Å². The lowest BCUT2D eigenvalue weighted by Crippen LogP contribution is -2.52. The first-order valence-electron chi connectivity index (χ1n) is 9.41. The van der Waals surface area contributed by atoms with Gasteiger partial charge in [-0.2, -0.15) is 0 Å². The summed E-state index contributed by atoms with van der Waals surface area (Å²) in [5, 5.41) is 20.6. The first-order chi connectivity index (χ1) is 10.9. The van der Waals surface area contributed by atoms with Crippen molar-refractivity contribution in [3.8, 4) is 0 Å². The average Bonchev–Trinajstić information content (AvgIpc) is 2.79. The van der Waals surface area contributed by atoms with Gasteiger partial charge in [0.15, 0.2) is 0 Å². The molecule has 3 heteroatoms. The van der Waals surface area contributed by atoms with E-state index in [1.807, 2.05) is 0 Å². The highest BCUT2D eigenvalue weighted by Gasteiger charge is 2.61. The third-order valence-electron chi connectivity index (χ3n) is 8.27. The Morgan fingerprint density at radius 3 is 2.74 bits per heavy atom. The predicted octanol–water partition coefficient (Wildman–Crippen LogP) is 3.10. The van der Waals surface area contributed by atoms with E-state index < -0.39 is 0 Å². The molecule has 3 nitrogen and oxygen atoms in total. The minimum Gasteiger partial charge on any atom is -0.393 e. The third kappa shape index (κ3) is 2.05. The molecule has 0 bridgehead atoms. The smallest absolute Gasteiger partial charge is 0.123 e. The van der Waals surface area contributed by atoms with Crippen LogP contribution in [0.2, 0.25) is 0 Å². The molecule has 4 aliphatic carbocycles. The summed E-state index contributed by atoms with van der Waals surface area (Å²) < 4.78 is 0. The van der Waals surface area contributed by atoms with Gasteiger partial charge in [0.2, 0.25) is 0 Å². The predicted molar refractivity (Wildman–Crippen MR) is 88.7 cm³/mol. The first-order valence-corrected chi connectivity index (χ1v) is 9.41. The van der Waals surface area contributed by atoms with Crippen molar-refractivity contribution >= 4 is 6.29 Å². The summed E-state index contributed by atoms with van der Waals surface area (Å²) in [6.45, 7) is 4.61. The molecule has 0 aliphatic heterocycles. The molecule has 4 rings (SSSR count). The Bertz CT molecular complexity index is 541. The molecule has 0 aromatic carbocycles. The summed E-state index contributed by atoms with van der Waals surface area (Å²) in [4.78, 5) is 11.7. The lowest BCUT2D eigenvalue weighted by atomic mass is 9.47. The number of aldehydes is 1. The first kappa shape index (κ1) is 15.8. The normalized spacial score (nSPS) is 55.4. The third-order valence-corrected chi connectivity index (χ3v) is 8.27. The van der Waals surface area contributed by atoms with Gasteiger partial charge in [-0.25, -0.2) is 0 Å². The van der Waals surface area contributed by atoms with Crippen LogP contribution in [0.1, 0.15) is 58.8 Å². The number of aliphatic hydroxyl groups excluding tert-OH is 2. The maximum atomic E-state index is 11.7. The van der Waals surface area contributed by atoms with Crippen molar-refractivity contribution in [2.24, 2.45) is 34.5 Å². The monoisotopic (exact) mass is 318 g/mol. The van der Waals surface area contributed by atoms with Crippen molar-refractivity contribution in [2.75, 3.05) is 0 Å². The van der Waals surface area contributed by atoms with Gasteiger partial charge in [0.05, 0.1) is 12.2 Å². The summed E-state index contributed by atoms with van der Waals surface area (Å²) in [6, 6.07) is 0. The molecule has 3 saturated carbocycles. The van der Waals surface area contributed by atoms with Gasteiger partial charge >= 0.3 is 0 Å². The number of rotatable bonds is 1. The van der Waals surface area contributed by atoms with Crippen LogP contribution in [0.5, 0.6) is 0 Å². The second-order valence-electron chi connectivity index (χ2n) is 9.17. The lowest BCUT2D eigenvalue weighted by molar-refractivity contribution is -0.117. The van der Waals surface area contributed by atoms with Crippen molar-refractivity contribution in [1.29, 1.82) is 0 Å². The highest BCUT2D eigenvalue weighted by atomic mass is 16.3. The summed E-state index contributed by atoms with van der Waals surface area (Å²) in [6.07, 6.45) is 9.68. The number of fused-ring (bicyclic) bond motifs is 5. The van der Waals surface area contributed by atoms with E-state index in [-0.39, 0.29) is 29.0 Å². The van der Waals surface area contributed by atoms with Gasteiger partial charge in [0.25, 0.3) is 0 Å². The fourth-order valence-electron chi connectivity index (χ4n) is 6.93. The maximum absolute atomic E-state index is 11.7. The van der Waals surface area contributed by atoms with Gasteiger partial charge in [0.1, 0.15) is 6.29 Å². The van der Waals surface area contributed by atoms with E-state index in [2.05, 4.69) is 19.9 Å². The summed E-state index contributed by atoms with van der Waals surface area (Å²) >= 11 is 0. The SMILES string of the molecule is C[C@]12CC[C@H]3[C@@H](CC=C4C[C@@H](O)CC[C@@]43C)[C@@H]1[C@H](C=O)C[C@@H]2O. The van der Waals surface area contributed by atoms with Gasteiger partial charge in [-0.1, -0.05) is 25.5 Å². The molecule has 0 amide bonds. The Kier molecular flexibility index (Phi) is 3.55. The summed E-state index contributed by atoms with van der Waals surface area (Å²) in [7, 11) is 0. The van der Waals surface area contributed by atoms with Crippen molar-refractivity contribution in [2.45, 2.75) is 71.0 Å². The van der Waals surface area contributed by atoms with Crippen molar-refractivity contribution in [3.63, 3.8) is 0 Å². The molecular weight excluding hydrogens is 288 g/mol. The van der Waals surface area contributed by atoms with Crippen LogP contribution in [-0.2, 0) is 4.79 Å². The minimum absolute atomic E-state index is 0.0236. The zero-order valence-electron chi connectivity index (χ0n) is 14.4. The van der Waals surface area contributed by atoms with Gasteiger partial charge in [-0.05, 0) is 73.5 Å². The highest BCUT2D eigenvalue weighted by Crippen LogP contribution is 2.65. The Hall–Kier alpha value is -0.670. The molecule has 3 fully saturated rings. The van der Waals surface area contributed by atoms with E-state index in [0.29, 0.717) is 24.2 Å². The second-order valence-corrected chi connectivity index (χ2v) is 9.17. The minimum atomic E-state index is -0.324. The molecular formula is C20H30O3. The molecule has 2 N–H and O–H groups in total. The summed E-state index contributed by atoms with van der Waals surface area (Å²) in [5.74, 6) is 1.48. The van der Waals surface area contributed by atoms with Crippen molar-refractivity contribution in [1.82, 2.24) is 0 Å². The molecule has 0 unspecified atom stereocenters. The van der Waals surface area contributed by atoms with E-state index >= 15 is 0 Å². The maximum Gasteiger partial charge on any atom is 0.123 e. The van der Waals surface area contributed by atoms with E-state index in [1.54, 1.807) is 0 Å². The van der Waals surface area contributed by atoms with Crippen LogP contribution in [-0.4, -0.2) is 28.7 Å². The number of aliphatic hydroxyl groups is 2. The Labute approximate surface area is 139 Å². The van der Waals surface area contributed by atoms with E-state index in [4.69, 9.17) is 0 Å². The molecule has 4 aliphatic rings. The largest absolute Gasteiger partial charge is 0.393 e. The van der Waals surface area contributed by atoms with Crippen LogP contribution in [0.3, 0.4) is 0 Å². The lowest BCUT2D eigenvalue weighted by Gasteiger charge is -2.58. The van der Waals surface area contributed by atoms with E-state index in [0.717, 1.165) is 44.8 Å². The fraction of sp³-hybridized carbons (Fsp3) is 0.850. The summed E-state index contributed by atoms with van der Waals surface area (Å²) in [5.41, 5.74) is 1.58. The van der Waals surface area contributed by atoms with Crippen LogP contribution < -0.4 is 0 Å². The number of allylic oxidation sites excluding steroid dienone is 1. The fourth-order valence-corrected chi connectivity index (χ4v) is 6.93. The zero-order chi connectivity index (χ0) is 16.4. The second kappa shape index (κ2) is 5.16. The zero-order valence-corrected chi connectivity index (χ0v) is 14.4. The molecule has 0 aromatic heterocycles. The standard InChI is InChI=1S/C20H30O3/c1-19-7-5-14(22)10-13(19)3-4-15-16(19)6-8-20(2)17(23)9-12(11-21)18(15)20/h3,11-12,14-18,22-23H,4-10H2,1-2H3/t12-,14-,15+,16-,17-,18-,19-,20+/m0/s1. The number of hydrogen-bond acceptors (Lipinski definition) is 3. The van der Waals surface area contributed by atoms with Crippen LogP contribution in [0.25, 0.3) is 0 Å².